The van der Waals surface area contributed by atoms with Crippen LogP contribution in [0.2, 0.25) is 0 Å². The molecule has 1 fully saturated rings. The molecule has 0 bridgehead atoms. The van der Waals surface area contributed by atoms with Gasteiger partial charge in [0.1, 0.15) is 6.04 Å². The van der Waals surface area contributed by atoms with Gasteiger partial charge in [-0.3, -0.25) is 4.79 Å². The topological polar surface area (TPSA) is 64.6 Å². The molecule has 108 valence electrons. The normalized spacial score (nSPS) is 22.8. The van der Waals surface area contributed by atoms with Crippen LogP contribution in [0.25, 0.3) is 0 Å². The molecule has 2 aliphatic heterocycles. The zero-order valence-corrected chi connectivity index (χ0v) is 11.7. The Kier molecular flexibility index (Phi) is 3.63. The number of fused-ring (bicyclic) bond motifs is 1. The summed E-state index contributed by atoms with van der Waals surface area (Å²) in [5, 5.41) is 15.7. The number of nitrogens with zero attached hydrogens (tertiary/aromatic N) is 1. The van der Waals surface area contributed by atoms with Crippen LogP contribution in [0, 0.1) is 0 Å². The minimum Gasteiger partial charge on any atom is -0.393 e. The second kappa shape index (κ2) is 5.42. The number of carbonyl (C=O) groups excluding carboxylic acids is 1. The SMILES string of the molecule is CCNC1C(=O)Nc2cc(N3CCC(O)CC3)ccc21. The lowest BCUT2D eigenvalue weighted by atomic mass is 10.0. The number of likely N-dealkylation sites (N-methyl/N-ethyl adjacent to an activating group) is 1. The van der Waals surface area contributed by atoms with Gasteiger partial charge in [-0.05, 0) is 31.5 Å². The number of aliphatic hydroxyl groups is 1. The number of nitrogens with one attached hydrogen (secondary N) is 2. The average molecular weight is 275 g/mol. The summed E-state index contributed by atoms with van der Waals surface area (Å²) in [5.74, 6) is 0.0214. The highest BCUT2D eigenvalue weighted by atomic mass is 16.3. The fourth-order valence-electron chi connectivity index (χ4n) is 2.98. The van der Waals surface area contributed by atoms with Crippen LogP contribution >= 0.6 is 0 Å². The molecular weight excluding hydrogens is 254 g/mol. The molecule has 2 aliphatic rings. The van der Waals surface area contributed by atoms with Crippen molar-refractivity contribution < 1.29 is 9.90 Å². The first-order valence-electron chi connectivity index (χ1n) is 7.30. The van der Waals surface area contributed by atoms with E-state index in [1.807, 2.05) is 19.1 Å². The van der Waals surface area contributed by atoms with Crippen LogP contribution in [0.15, 0.2) is 18.2 Å². The fourth-order valence-corrected chi connectivity index (χ4v) is 2.98. The minimum atomic E-state index is -0.229. The Hall–Kier alpha value is -1.59. The molecule has 1 atom stereocenters. The summed E-state index contributed by atoms with van der Waals surface area (Å²) < 4.78 is 0. The molecule has 0 aromatic heterocycles. The van der Waals surface area contributed by atoms with Crippen molar-refractivity contribution in [2.45, 2.75) is 31.9 Å². The molecule has 5 heteroatoms. The maximum atomic E-state index is 11.9. The lowest BCUT2D eigenvalue weighted by Crippen LogP contribution is -2.35. The number of hydrogen-bond donors (Lipinski definition) is 3. The van der Waals surface area contributed by atoms with Crippen molar-refractivity contribution in [1.82, 2.24) is 5.32 Å². The van der Waals surface area contributed by atoms with E-state index in [4.69, 9.17) is 0 Å². The quantitative estimate of drug-likeness (QED) is 0.777. The fraction of sp³-hybridized carbons (Fsp3) is 0.533. The van der Waals surface area contributed by atoms with Gasteiger partial charge in [-0.1, -0.05) is 13.0 Å². The second-order valence-corrected chi connectivity index (χ2v) is 5.47. The van der Waals surface area contributed by atoms with Gasteiger partial charge in [0.15, 0.2) is 0 Å². The first kappa shape index (κ1) is 13.4. The van der Waals surface area contributed by atoms with E-state index >= 15 is 0 Å². The predicted molar refractivity (Wildman–Crippen MR) is 78.9 cm³/mol. The lowest BCUT2D eigenvalue weighted by molar-refractivity contribution is -0.117. The zero-order valence-electron chi connectivity index (χ0n) is 11.7. The molecule has 3 N–H and O–H groups in total. The smallest absolute Gasteiger partial charge is 0.246 e. The van der Waals surface area contributed by atoms with E-state index in [0.717, 1.165) is 49.4 Å². The van der Waals surface area contributed by atoms with E-state index in [-0.39, 0.29) is 18.1 Å². The highest BCUT2D eigenvalue weighted by molar-refractivity contribution is 6.03. The standard InChI is InChI=1S/C15H21N3O2/c1-2-16-14-12-4-3-10(9-13(12)17-15(14)20)18-7-5-11(19)6-8-18/h3-4,9,11,14,16,19H,2,5-8H2,1H3,(H,17,20). The summed E-state index contributed by atoms with van der Waals surface area (Å²) in [5.41, 5.74) is 3.05. The first-order valence-corrected chi connectivity index (χ1v) is 7.30. The third-order valence-corrected chi connectivity index (χ3v) is 4.11. The van der Waals surface area contributed by atoms with Gasteiger partial charge in [0.05, 0.1) is 6.10 Å². The highest BCUT2D eigenvalue weighted by Gasteiger charge is 2.30. The average Bonchev–Trinajstić information content (AvgIpc) is 2.76. The van der Waals surface area contributed by atoms with Crippen molar-refractivity contribution >= 4 is 17.3 Å². The van der Waals surface area contributed by atoms with Crippen LogP contribution in [-0.2, 0) is 4.79 Å². The van der Waals surface area contributed by atoms with E-state index in [1.54, 1.807) is 0 Å². The van der Waals surface area contributed by atoms with Gasteiger partial charge < -0.3 is 20.6 Å². The third-order valence-electron chi connectivity index (χ3n) is 4.11. The summed E-state index contributed by atoms with van der Waals surface area (Å²) in [6, 6.07) is 5.91. The molecule has 0 saturated carbocycles. The maximum absolute atomic E-state index is 11.9. The summed E-state index contributed by atoms with van der Waals surface area (Å²) in [4.78, 5) is 14.2. The van der Waals surface area contributed by atoms with Crippen molar-refractivity contribution in [2.24, 2.45) is 0 Å². The second-order valence-electron chi connectivity index (χ2n) is 5.47. The van der Waals surface area contributed by atoms with Crippen LogP contribution < -0.4 is 15.5 Å². The van der Waals surface area contributed by atoms with Gasteiger partial charge in [0, 0.05) is 30.0 Å². The molecule has 1 amide bonds. The molecule has 1 aromatic rings. The number of hydrogen-bond acceptors (Lipinski definition) is 4. The lowest BCUT2D eigenvalue weighted by Gasteiger charge is -2.31. The van der Waals surface area contributed by atoms with E-state index < -0.39 is 0 Å². The van der Waals surface area contributed by atoms with E-state index in [9.17, 15) is 9.90 Å². The number of anilines is 2. The molecular formula is C15H21N3O2. The first-order chi connectivity index (χ1) is 9.69. The molecule has 2 heterocycles. The van der Waals surface area contributed by atoms with Crippen molar-refractivity contribution in [3.05, 3.63) is 23.8 Å². The molecule has 5 nitrogen and oxygen atoms in total. The van der Waals surface area contributed by atoms with Crippen LogP contribution in [0.3, 0.4) is 0 Å². The number of aliphatic hydroxyl groups excluding tert-OH is 1. The molecule has 1 saturated heterocycles. The van der Waals surface area contributed by atoms with Crippen LogP contribution in [0.4, 0.5) is 11.4 Å². The van der Waals surface area contributed by atoms with E-state index in [2.05, 4.69) is 21.6 Å². The highest BCUT2D eigenvalue weighted by Crippen LogP contribution is 2.34. The van der Waals surface area contributed by atoms with E-state index in [1.165, 1.54) is 0 Å². The van der Waals surface area contributed by atoms with Gasteiger partial charge in [-0.15, -0.1) is 0 Å². The molecule has 1 unspecified atom stereocenters. The third kappa shape index (κ3) is 2.39. The van der Waals surface area contributed by atoms with Gasteiger partial charge in [0.25, 0.3) is 0 Å². The van der Waals surface area contributed by atoms with Crippen molar-refractivity contribution in [3.8, 4) is 0 Å². The van der Waals surface area contributed by atoms with Gasteiger partial charge in [0.2, 0.25) is 5.91 Å². The Morgan fingerprint density at radius 1 is 1.40 bits per heavy atom. The monoisotopic (exact) mass is 275 g/mol. The molecule has 0 aliphatic carbocycles. The zero-order chi connectivity index (χ0) is 14.1. The Bertz CT molecular complexity index is 510. The van der Waals surface area contributed by atoms with Crippen molar-refractivity contribution in [3.63, 3.8) is 0 Å². The molecule has 20 heavy (non-hydrogen) atoms. The number of amides is 1. The van der Waals surface area contributed by atoms with Crippen molar-refractivity contribution in [1.29, 1.82) is 0 Å². The Balaban J connectivity index is 1.81. The van der Waals surface area contributed by atoms with Crippen LogP contribution in [0.1, 0.15) is 31.4 Å². The summed E-state index contributed by atoms with van der Waals surface area (Å²) in [6.07, 6.45) is 1.45. The van der Waals surface area contributed by atoms with Gasteiger partial charge in [-0.25, -0.2) is 0 Å². The number of benzene rings is 1. The van der Waals surface area contributed by atoms with Crippen LogP contribution in [0.5, 0.6) is 0 Å². The molecule has 3 rings (SSSR count). The maximum Gasteiger partial charge on any atom is 0.246 e. The number of piperidine rings is 1. The molecule has 0 spiro atoms. The Morgan fingerprint density at radius 3 is 2.85 bits per heavy atom. The summed E-state index contributed by atoms with van der Waals surface area (Å²) >= 11 is 0. The number of rotatable bonds is 3. The van der Waals surface area contributed by atoms with Gasteiger partial charge >= 0.3 is 0 Å². The summed E-state index contributed by atoms with van der Waals surface area (Å²) in [7, 11) is 0. The molecule has 0 radical (unpaired) electrons. The Morgan fingerprint density at radius 2 is 2.15 bits per heavy atom. The molecule has 1 aromatic carbocycles. The Labute approximate surface area is 119 Å². The van der Waals surface area contributed by atoms with Crippen LogP contribution in [-0.4, -0.2) is 36.8 Å². The predicted octanol–water partition coefficient (Wildman–Crippen LogP) is 1.25. The largest absolute Gasteiger partial charge is 0.393 e. The van der Waals surface area contributed by atoms with Crippen molar-refractivity contribution in [2.75, 3.05) is 29.9 Å². The van der Waals surface area contributed by atoms with Gasteiger partial charge in [-0.2, -0.15) is 0 Å². The number of carbonyl (C=O) groups is 1. The minimum absolute atomic E-state index is 0.0214. The summed E-state index contributed by atoms with van der Waals surface area (Å²) in [6.45, 7) is 4.50. The van der Waals surface area contributed by atoms with E-state index in [0.29, 0.717) is 0 Å².